The quantitative estimate of drug-likeness (QED) is 0.398. The number of fused-ring (bicyclic) bond motifs is 2. The molecule has 0 bridgehead atoms. The Morgan fingerprint density at radius 2 is 1.59 bits per heavy atom. The highest BCUT2D eigenvalue weighted by Crippen LogP contribution is 2.35. The Labute approximate surface area is 196 Å². The molecule has 4 aromatic carbocycles. The van der Waals surface area contributed by atoms with Gasteiger partial charge in [-0.25, -0.2) is 4.98 Å². The smallest absolute Gasteiger partial charge is 0.261 e. The molecule has 1 unspecified atom stereocenters. The van der Waals surface area contributed by atoms with E-state index >= 15 is 0 Å². The molecule has 0 saturated carbocycles. The van der Waals surface area contributed by atoms with Crippen LogP contribution in [0.4, 0.5) is 0 Å². The van der Waals surface area contributed by atoms with E-state index in [1.807, 2.05) is 66.7 Å². The molecule has 2 N–H and O–H groups in total. The van der Waals surface area contributed by atoms with Gasteiger partial charge in [0, 0.05) is 18.5 Å². The molecule has 1 amide bonds. The van der Waals surface area contributed by atoms with Gasteiger partial charge in [-0.2, -0.15) is 0 Å². The molecule has 0 fully saturated rings. The van der Waals surface area contributed by atoms with E-state index in [2.05, 4.69) is 10.3 Å². The number of hydrogen-bond donors (Lipinski definition) is 2. The summed E-state index contributed by atoms with van der Waals surface area (Å²) in [4.78, 5) is 30.1. The third-order valence-corrected chi connectivity index (χ3v) is 5.99. The van der Waals surface area contributed by atoms with Crippen molar-refractivity contribution in [3.63, 3.8) is 0 Å². The summed E-state index contributed by atoms with van der Waals surface area (Å²) >= 11 is 0. The fraction of sp³-hybridized carbons (Fsp3) is 0.107. The molecule has 0 aliphatic rings. The van der Waals surface area contributed by atoms with Crippen molar-refractivity contribution in [3.8, 4) is 5.75 Å². The monoisotopic (exact) mass is 449 g/mol. The molecule has 5 aromatic rings. The van der Waals surface area contributed by atoms with Crippen molar-refractivity contribution in [2.45, 2.75) is 19.0 Å². The predicted octanol–water partition coefficient (Wildman–Crippen LogP) is 4.55. The Bertz CT molecular complexity index is 1540. The molecule has 0 saturated heterocycles. The van der Waals surface area contributed by atoms with E-state index in [-0.39, 0.29) is 30.2 Å². The molecular weight excluding hydrogens is 426 g/mol. The maximum absolute atomic E-state index is 13.1. The van der Waals surface area contributed by atoms with Crippen molar-refractivity contribution in [1.29, 1.82) is 0 Å². The Balaban J connectivity index is 1.44. The lowest BCUT2D eigenvalue weighted by atomic mass is 9.92. The van der Waals surface area contributed by atoms with E-state index in [0.29, 0.717) is 16.5 Å². The fourth-order valence-electron chi connectivity index (χ4n) is 4.28. The van der Waals surface area contributed by atoms with Gasteiger partial charge in [-0.1, -0.05) is 72.8 Å². The van der Waals surface area contributed by atoms with Crippen LogP contribution in [0.1, 0.15) is 23.6 Å². The highest BCUT2D eigenvalue weighted by molar-refractivity contribution is 5.89. The number of amides is 1. The van der Waals surface area contributed by atoms with Crippen LogP contribution < -0.4 is 10.9 Å². The summed E-state index contributed by atoms with van der Waals surface area (Å²) < 4.78 is 1.45. The largest absolute Gasteiger partial charge is 0.508 e. The third-order valence-electron chi connectivity index (χ3n) is 5.99. The number of aryl methyl sites for hydroxylation is 1. The summed E-state index contributed by atoms with van der Waals surface area (Å²) in [5.74, 6) is -0.121. The van der Waals surface area contributed by atoms with Gasteiger partial charge in [-0.15, -0.1) is 0 Å². The van der Waals surface area contributed by atoms with Gasteiger partial charge in [0.15, 0.2) is 0 Å². The molecule has 0 spiro atoms. The molecule has 0 aliphatic heterocycles. The van der Waals surface area contributed by atoms with Crippen LogP contribution in [0, 0.1) is 0 Å². The van der Waals surface area contributed by atoms with Crippen LogP contribution in [0.25, 0.3) is 21.7 Å². The van der Waals surface area contributed by atoms with Crippen molar-refractivity contribution >= 4 is 27.6 Å². The topological polar surface area (TPSA) is 84.2 Å². The second-order valence-electron chi connectivity index (χ2n) is 8.14. The van der Waals surface area contributed by atoms with Crippen molar-refractivity contribution < 1.29 is 9.90 Å². The molecule has 34 heavy (non-hydrogen) atoms. The third kappa shape index (κ3) is 4.13. The molecular formula is C28H23N3O3. The van der Waals surface area contributed by atoms with E-state index in [1.54, 1.807) is 24.3 Å². The first kappa shape index (κ1) is 21.4. The molecule has 6 heteroatoms. The maximum atomic E-state index is 13.1. The SMILES string of the molecule is O=C(CCn1cnc2ccccc2c1=O)NC(c1ccccc1)c1c(O)ccc2ccccc12. The summed E-state index contributed by atoms with van der Waals surface area (Å²) in [6.45, 7) is 0.200. The van der Waals surface area contributed by atoms with E-state index in [0.717, 1.165) is 16.3 Å². The lowest BCUT2D eigenvalue weighted by Gasteiger charge is -2.23. The first-order valence-electron chi connectivity index (χ1n) is 11.1. The molecule has 5 rings (SSSR count). The zero-order chi connectivity index (χ0) is 23.5. The zero-order valence-corrected chi connectivity index (χ0v) is 18.4. The molecule has 0 aliphatic carbocycles. The standard InChI is InChI=1S/C28H23N3O3/c32-24-15-14-19-8-4-5-11-21(19)26(24)27(20-9-2-1-3-10-20)30-25(33)16-17-31-18-29-23-13-7-6-12-22(23)28(31)34/h1-15,18,27,32H,16-17H2,(H,30,33). The summed E-state index contributed by atoms with van der Waals surface area (Å²) in [6, 6.07) is 27.4. The Hall–Kier alpha value is -4.45. The number of phenols is 1. The van der Waals surface area contributed by atoms with Gasteiger partial charge in [-0.05, 0) is 34.5 Å². The number of carbonyl (C=O) groups is 1. The molecule has 1 atom stereocenters. The second kappa shape index (κ2) is 9.19. The predicted molar refractivity (Wildman–Crippen MR) is 133 cm³/mol. The number of para-hydroxylation sites is 1. The number of hydrogen-bond acceptors (Lipinski definition) is 4. The molecule has 1 heterocycles. The second-order valence-corrected chi connectivity index (χ2v) is 8.14. The lowest BCUT2D eigenvalue weighted by Crippen LogP contribution is -2.31. The van der Waals surface area contributed by atoms with Crippen LogP contribution in [0.2, 0.25) is 0 Å². The minimum absolute atomic E-state index is 0.0921. The highest BCUT2D eigenvalue weighted by atomic mass is 16.3. The number of rotatable bonds is 6. The van der Waals surface area contributed by atoms with Gasteiger partial charge in [0.1, 0.15) is 5.75 Å². The number of aromatic hydroxyl groups is 1. The van der Waals surface area contributed by atoms with Gasteiger partial charge < -0.3 is 10.4 Å². The summed E-state index contributed by atoms with van der Waals surface area (Å²) in [7, 11) is 0. The average molecular weight is 450 g/mol. The van der Waals surface area contributed by atoms with Crippen molar-refractivity contribution in [3.05, 3.63) is 119 Å². The van der Waals surface area contributed by atoms with Crippen LogP contribution in [0.3, 0.4) is 0 Å². The lowest BCUT2D eigenvalue weighted by molar-refractivity contribution is -0.121. The van der Waals surface area contributed by atoms with Crippen LogP contribution >= 0.6 is 0 Å². The number of benzene rings is 4. The molecule has 0 radical (unpaired) electrons. The number of carbonyl (C=O) groups excluding carboxylic acids is 1. The van der Waals surface area contributed by atoms with Gasteiger partial charge >= 0.3 is 0 Å². The van der Waals surface area contributed by atoms with Crippen molar-refractivity contribution in [1.82, 2.24) is 14.9 Å². The summed E-state index contributed by atoms with van der Waals surface area (Å²) in [5.41, 5.74) is 1.95. The van der Waals surface area contributed by atoms with E-state index in [1.165, 1.54) is 10.9 Å². The van der Waals surface area contributed by atoms with Crippen molar-refractivity contribution in [2.24, 2.45) is 0 Å². The average Bonchev–Trinajstić information content (AvgIpc) is 2.88. The fourth-order valence-corrected chi connectivity index (χ4v) is 4.28. The maximum Gasteiger partial charge on any atom is 0.261 e. The Morgan fingerprint density at radius 3 is 2.41 bits per heavy atom. The summed E-state index contributed by atoms with van der Waals surface area (Å²) in [5, 5.41) is 16.2. The molecule has 1 aromatic heterocycles. The highest BCUT2D eigenvalue weighted by Gasteiger charge is 2.22. The van der Waals surface area contributed by atoms with Crippen molar-refractivity contribution in [2.75, 3.05) is 0 Å². The van der Waals surface area contributed by atoms with E-state index in [9.17, 15) is 14.7 Å². The van der Waals surface area contributed by atoms with E-state index in [4.69, 9.17) is 0 Å². The van der Waals surface area contributed by atoms with Gasteiger partial charge in [0.25, 0.3) is 5.56 Å². The first-order valence-corrected chi connectivity index (χ1v) is 11.1. The van der Waals surface area contributed by atoms with Gasteiger partial charge in [0.2, 0.25) is 5.91 Å². The minimum Gasteiger partial charge on any atom is -0.508 e. The molecule has 6 nitrogen and oxygen atoms in total. The number of aromatic nitrogens is 2. The normalized spacial score (nSPS) is 12.0. The Kier molecular flexibility index (Phi) is 5.79. The number of nitrogens with zero attached hydrogens (tertiary/aromatic N) is 2. The van der Waals surface area contributed by atoms with E-state index < -0.39 is 6.04 Å². The van der Waals surface area contributed by atoms with Gasteiger partial charge in [-0.3, -0.25) is 14.2 Å². The van der Waals surface area contributed by atoms with Gasteiger partial charge in [0.05, 0.1) is 23.3 Å². The summed E-state index contributed by atoms with van der Waals surface area (Å²) in [6.07, 6.45) is 1.57. The minimum atomic E-state index is -0.550. The number of nitrogens with one attached hydrogen (secondary N) is 1. The Morgan fingerprint density at radius 1 is 0.882 bits per heavy atom. The van der Waals surface area contributed by atoms with Crippen LogP contribution in [0.5, 0.6) is 5.75 Å². The van der Waals surface area contributed by atoms with Crippen LogP contribution in [-0.4, -0.2) is 20.6 Å². The first-order chi connectivity index (χ1) is 16.6. The van der Waals surface area contributed by atoms with Crippen LogP contribution in [-0.2, 0) is 11.3 Å². The molecule has 168 valence electrons. The zero-order valence-electron chi connectivity index (χ0n) is 18.4. The van der Waals surface area contributed by atoms with Crippen LogP contribution in [0.15, 0.2) is 102 Å². The number of phenolic OH excluding ortho intramolecular Hbond substituents is 1.